The van der Waals surface area contributed by atoms with Crippen molar-refractivity contribution in [2.24, 2.45) is 0 Å². The van der Waals surface area contributed by atoms with Gasteiger partial charge in [0.25, 0.3) is 0 Å². The summed E-state index contributed by atoms with van der Waals surface area (Å²) >= 11 is 0. The van der Waals surface area contributed by atoms with Crippen molar-refractivity contribution in [3.63, 3.8) is 0 Å². The second-order valence-corrected chi connectivity index (χ2v) is 6.75. The van der Waals surface area contributed by atoms with E-state index in [2.05, 4.69) is 4.90 Å². The van der Waals surface area contributed by atoms with Gasteiger partial charge in [0.15, 0.2) is 25.1 Å². The quantitative estimate of drug-likeness (QED) is 0.582. The molecule has 0 bridgehead atoms. The fraction of sp³-hybridized carbons (Fsp3) is 0.409. The summed E-state index contributed by atoms with van der Waals surface area (Å²) in [5, 5.41) is 0. The Hall–Kier alpha value is -2.97. The van der Waals surface area contributed by atoms with Crippen LogP contribution >= 0.6 is 0 Å². The molecule has 2 aromatic carbocycles. The van der Waals surface area contributed by atoms with Crippen molar-refractivity contribution in [3.05, 3.63) is 54.1 Å². The third-order valence-electron chi connectivity index (χ3n) is 4.70. The average Bonchev–Trinajstić information content (AvgIpc) is 2.81. The van der Waals surface area contributed by atoms with Crippen LogP contribution in [0.15, 0.2) is 48.5 Å². The summed E-state index contributed by atoms with van der Waals surface area (Å²) < 4.78 is 26.6. The van der Waals surface area contributed by atoms with Gasteiger partial charge in [0.1, 0.15) is 6.61 Å². The third kappa shape index (κ3) is 6.01. The van der Waals surface area contributed by atoms with Crippen LogP contribution in [0.4, 0.5) is 10.5 Å². The zero-order valence-electron chi connectivity index (χ0n) is 17.4. The van der Waals surface area contributed by atoms with Crippen molar-refractivity contribution in [3.8, 4) is 11.5 Å². The smallest absolute Gasteiger partial charge is 0.410 e. The maximum absolute atomic E-state index is 12.4. The highest BCUT2D eigenvalue weighted by Gasteiger charge is 2.23. The van der Waals surface area contributed by atoms with Gasteiger partial charge in [-0.05, 0) is 17.7 Å². The molecule has 1 heterocycles. The lowest BCUT2D eigenvalue weighted by Gasteiger charge is -2.35. The van der Waals surface area contributed by atoms with E-state index in [1.54, 1.807) is 19.1 Å². The summed E-state index contributed by atoms with van der Waals surface area (Å²) in [6, 6.07) is 15.4. The molecule has 0 saturated carbocycles. The van der Waals surface area contributed by atoms with Gasteiger partial charge in [0, 0.05) is 52.2 Å². The second kappa shape index (κ2) is 11.3. The number of benzene rings is 2. The first kappa shape index (κ1) is 21.7. The monoisotopic (exact) mass is 416 g/mol. The van der Waals surface area contributed by atoms with E-state index >= 15 is 0 Å². The molecule has 0 spiro atoms. The molecule has 0 N–H and O–H groups in total. The zero-order chi connectivity index (χ0) is 21.2. The maximum atomic E-state index is 12.4. The van der Waals surface area contributed by atoms with Crippen molar-refractivity contribution in [1.29, 1.82) is 0 Å². The van der Waals surface area contributed by atoms with Crippen LogP contribution in [0.3, 0.4) is 0 Å². The van der Waals surface area contributed by atoms with Crippen LogP contribution in [0.25, 0.3) is 0 Å². The number of piperazine rings is 1. The molecule has 0 aromatic heterocycles. The Morgan fingerprint density at radius 3 is 2.20 bits per heavy atom. The number of nitrogens with zero attached hydrogens (tertiary/aromatic N) is 2. The number of methoxy groups -OCH3 is 2. The van der Waals surface area contributed by atoms with E-state index in [-0.39, 0.29) is 26.3 Å². The number of carbonyl (C=O) groups excluding carboxylic acids is 1. The first-order valence-corrected chi connectivity index (χ1v) is 9.79. The number of rotatable bonds is 9. The average molecular weight is 416 g/mol. The fourth-order valence-electron chi connectivity index (χ4n) is 3.13. The second-order valence-electron chi connectivity index (χ2n) is 6.75. The lowest BCUT2D eigenvalue weighted by Crippen LogP contribution is -2.48. The SMILES string of the molecule is COCOc1ccc(N2CCN(C(=O)OCc3ccccc3)CC2)cc1OCOC. The van der Waals surface area contributed by atoms with Gasteiger partial charge in [-0.1, -0.05) is 30.3 Å². The highest BCUT2D eigenvalue weighted by atomic mass is 16.7. The molecule has 1 aliphatic rings. The number of hydrogen-bond donors (Lipinski definition) is 0. The number of hydrogen-bond acceptors (Lipinski definition) is 7. The molecule has 162 valence electrons. The Balaban J connectivity index is 1.55. The van der Waals surface area contributed by atoms with Crippen molar-refractivity contribution in [2.45, 2.75) is 6.61 Å². The molecule has 8 heteroatoms. The number of ether oxygens (including phenoxy) is 5. The Morgan fingerprint density at radius 1 is 0.867 bits per heavy atom. The van der Waals surface area contributed by atoms with Gasteiger partial charge < -0.3 is 33.5 Å². The minimum Gasteiger partial charge on any atom is -0.464 e. The molecule has 0 unspecified atom stereocenters. The Labute approximate surface area is 176 Å². The summed E-state index contributed by atoms with van der Waals surface area (Å²) in [6.45, 7) is 3.10. The van der Waals surface area contributed by atoms with Crippen LogP contribution in [0.1, 0.15) is 5.56 Å². The van der Waals surface area contributed by atoms with E-state index in [0.29, 0.717) is 37.7 Å². The van der Waals surface area contributed by atoms with Crippen LogP contribution in [0, 0.1) is 0 Å². The summed E-state index contributed by atoms with van der Waals surface area (Å²) in [7, 11) is 3.13. The Kier molecular flexibility index (Phi) is 8.17. The largest absolute Gasteiger partial charge is 0.464 e. The molecule has 1 amide bonds. The van der Waals surface area contributed by atoms with E-state index in [1.165, 1.54) is 0 Å². The molecule has 0 aliphatic carbocycles. The van der Waals surface area contributed by atoms with Crippen LogP contribution in [0.5, 0.6) is 11.5 Å². The molecule has 2 aromatic rings. The normalized spacial score (nSPS) is 13.8. The molecule has 3 rings (SSSR count). The molecule has 1 aliphatic heterocycles. The summed E-state index contributed by atoms with van der Waals surface area (Å²) in [4.78, 5) is 16.3. The molecular weight excluding hydrogens is 388 g/mol. The molecule has 1 saturated heterocycles. The number of amides is 1. The van der Waals surface area contributed by atoms with Crippen molar-refractivity contribution in [2.75, 3.05) is 58.9 Å². The predicted octanol–water partition coefficient (Wildman–Crippen LogP) is 3.11. The van der Waals surface area contributed by atoms with Crippen LogP contribution in [-0.2, 0) is 20.8 Å². The summed E-state index contributed by atoms with van der Waals surface area (Å²) in [5.74, 6) is 1.16. The predicted molar refractivity (Wildman–Crippen MR) is 112 cm³/mol. The third-order valence-corrected chi connectivity index (χ3v) is 4.70. The molecule has 30 heavy (non-hydrogen) atoms. The number of carbonyl (C=O) groups is 1. The zero-order valence-corrected chi connectivity index (χ0v) is 17.4. The van der Waals surface area contributed by atoms with Crippen molar-refractivity contribution in [1.82, 2.24) is 4.90 Å². The van der Waals surface area contributed by atoms with E-state index in [0.717, 1.165) is 11.3 Å². The highest BCUT2D eigenvalue weighted by molar-refractivity contribution is 5.68. The van der Waals surface area contributed by atoms with Crippen LogP contribution in [-0.4, -0.2) is 65.0 Å². The first-order chi connectivity index (χ1) is 14.7. The molecule has 1 fully saturated rings. The summed E-state index contributed by atoms with van der Waals surface area (Å²) in [5.41, 5.74) is 1.96. The highest BCUT2D eigenvalue weighted by Crippen LogP contribution is 2.32. The molecular formula is C22H28N2O6. The van der Waals surface area contributed by atoms with Gasteiger partial charge >= 0.3 is 6.09 Å². The van der Waals surface area contributed by atoms with Gasteiger partial charge in [-0.2, -0.15) is 0 Å². The Bertz CT molecular complexity index is 793. The first-order valence-electron chi connectivity index (χ1n) is 9.79. The van der Waals surface area contributed by atoms with Crippen molar-refractivity contribution >= 4 is 11.8 Å². The van der Waals surface area contributed by atoms with Crippen LogP contribution in [0.2, 0.25) is 0 Å². The molecule has 0 atom stereocenters. The molecule has 0 radical (unpaired) electrons. The lowest BCUT2D eigenvalue weighted by molar-refractivity contribution is 0.0323. The topological polar surface area (TPSA) is 69.7 Å². The van der Waals surface area contributed by atoms with Gasteiger partial charge in [-0.15, -0.1) is 0 Å². The standard InChI is InChI=1S/C22H28N2O6/c1-26-16-29-20-9-8-19(14-21(20)30-17-27-2)23-10-12-24(13-11-23)22(25)28-15-18-6-4-3-5-7-18/h3-9,14H,10-13,15-17H2,1-2H3. The van der Waals surface area contributed by atoms with Crippen molar-refractivity contribution < 1.29 is 28.5 Å². The van der Waals surface area contributed by atoms with E-state index < -0.39 is 0 Å². The van der Waals surface area contributed by atoms with Gasteiger partial charge in [-0.25, -0.2) is 4.79 Å². The fourth-order valence-corrected chi connectivity index (χ4v) is 3.13. The summed E-state index contributed by atoms with van der Waals surface area (Å²) in [6.07, 6.45) is -0.286. The minimum atomic E-state index is -0.286. The Morgan fingerprint density at radius 2 is 1.53 bits per heavy atom. The maximum Gasteiger partial charge on any atom is 0.410 e. The van der Waals surface area contributed by atoms with E-state index in [4.69, 9.17) is 23.7 Å². The van der Waals surface area contributed by atoms with Gasteiger partial charge in [0.2, 0.25) is 0 Å². The van der Waals surface area contributed by atoms with Gasteiger partial charge in [-0.3, -0.25) is 0 Å². The van der Waals surface area contributed by atoms with E-state index in [9.17, 15) is 4.79 Å². The minimum absolute atomic E-state index is 0.119. The lowest BCUT2D eigenvalue weighted by atomic mass is 10.2. The van der Waals surface area contributed by atoms with Gasteiger partial charge in [0.05, 0.1) is 0 Å². The van der Waals surface area contributed by atoms with E-state index in [1.807, 2.05) is 48.5 Å². The van der Waals surface area contributed by atoms with Crippen LogP contribution < -0.4 is 14.4 Å². The number of anilines is 1. The molecule has 8 nitrogen and oxygen atoms in total.